The SMILES string of the molecule is CC(C)(C)OC(=O)OC(=O)OC(C)(C)C.CCc1cccc(-n2nc(C)cc2C(=O)Cc2cccc(C(NCC3CC3)c3cccc(OC(F)(F)F)c3)c2)c1.Cc1cc(C(=O)Cc2cccc(C(NCC3CC3)c3cccc(OC(F)(F)F)c3)c2)n(-c2cccc(CN)c2)n1.Cl.NCCNCCN.[C-]#[N+]c1cccc(-n2nc(C)cc2C(=O)Nc2cccc(C(NCC3CC3)c3cccc(OC(F)(F)F)c3)c2)c1. The zero-order valence-corrected chi connectivity index (χ0v) is 82.0. The standard InChI is InChI=1S/C32H32F3N3O2.C31H31F3N4O2.C30H26F3N5O2.C10H18O5.C4H13N3.ClH/c1-3-22-7-5-11-27(17-22)38-29(15-21(2)37-38)30(39)18-24-8-4-9-25(16-24)31(36-20-23-13-14-23)26-10-6-12-28(19-26)40-32(33,34)35;1-20-13-28(38(37-20)26-9-3-6-23(15-26)18-35)29(39)16-22-5-2-7-24(14-22)30(36-19-21-11-12-21)25-8-4-10-27(17-25)40-31(32,33)34;1-19-14-27(38(37-19)25-10-5-8-23(17-25)34-2)29(39)36-24-9-3-6-21(15-24)28(35-18-20-12-13-20)22-7-4-11-26(16-22)40-30(31,32)33;1-9(2,3)14-7(11)13-8(12)15-10(4,5)6;5-1-3-7-4-2-6;/h4-12,15-17,19,23,31,36H,3,13-14,18,20H2,1-2H3;2-10,13-15,17,21,30,36H,11-12,16,18-19,35H2,1H3;3-11,14-17,20,28,35H,12-13,18H2,1H3,(H,36,39);1-6H3;7H,1-6H2;1H. The number of hydrogen-bond acceptors (Lipinski definition) is 21. The van der Waals surface area contributed by atoms with Gasteiger partial charge in [-0.3, -0.25) is 14.4 Å². The number of nitrogens with zero attached hydrogens (tertiary/aromatic N) is 7. The Morgan fingerprint density at radius 3 is 1.11 bits per heavy atom. The average molecular weight is 2000 g/mol. The normalized spacial score (nSPS) is 13.5. The molecule has 3 atom stereocenters. The lowest BCUT2D eigenvalue weighted by molar-refractivity contribution is -0.275. The summed E-state index contributed by atoms with van der Waals surface area (Å²) in [7, 11) is 0. The lowest BCUT2D eigenvalue weighted by Crippen LogP contribution is -2.29. The summed E-state index contributed by atoms with van der Waals surface area (Å²) in [5, 5.41) is 30.0. The summed E-state index contributed by atoms with van der Waals surface area (Å²) in [5.41, 5.74) is 29.4. The first-order valence-electron chi connectivity index (χ1n) is 46.7. The van der Waals surface area contributed by atoms with Crippen LogP contribution in [-0.4, -0.2) is 135 Å². The minimum atomic E-state index is -4.79. The largest absolute Gasteiger partial charge is 0.573 e. The average Bonchev–Trinajstić information content (AvgIpc) is 1.72. The maximum Gasteiger partial charge on any atom is 0.573 e. The van der Waals surface area contributed by atoms with E-state index < -0.39 is 54.5 Å². The van der Waals surface area contributed by atoms with Crippen LogP contribution in [-0.2, 0) is 40.0 Å². The second kappa shape index (κ2) is 51.4. The molecule has 26 nitrogen and oxygen atoms in total. The number of Topliss-reactive ketones (excluding diaryl/α,β-unsaturated/α-hetero) is 2. The maximum atomic E-state index is 13.5. The van der Waals surface area contributed by atoms with Gasteiger partial charge in [-0.1, -0.05) is 140 Å². The van der Waals surface area contributed by atoms with Crippen molar-refractivity contribution in [3.05, 3.63) is 338 Å². The lowest BCUT2D eigenvalue weighted by atomic mass is 9.95. The molecular formula is C107H121ClF9N15O11. The number of aryl methyl sites for hydroxylation is 4. The van der Waals surface area contributed by atoms with Crippen LogP contribution in [0.2, 0.25) is 0 Å². The van der Waals surface area contributed by atoms with Gasteiger partial charge in [-0.15, -0.1) is 51.9 Å². The molecule has 760 valence electrons. The van der Waals surface area contributed by atoms with Crippen LogP contribution in [0.15, 0.2) is 237 Å². The molecule has 0 saturated heterocycles. The first kappa shape index (κ1) is 111. The zero-order valence-electron chi connectivity index (χ0n) is 81.2. The first-order chi connectivity index (χ1) is 67.4. The van der Waals surface area contributed by atoms with Gasteiger partial charge in [-0.2, -0.15) is 15.3 Å². The van der Waals surface area contributed by atoms with Gasteiger partial charge in [-0.25, -0.2) is 28.5 Å². The molecule has 11 N–H and O–H groups in total. The minimum Gasteiger partial charge on any atom is -0.428 e. The molecule has 9 aromatic carbocycles. The van der Waals surface area contributed by atoms with Crippen LogP contribution in [0.25, 0.3) is 21.9 Å². The summed E-state index contributed by atoms with van der Waals surface area (Å²) < 4.78 is 147. The third-order valence-corrected chi connectivity index (χ3v) is 22.0. The molecule has 36 heteroatoms. The van der Waals surface area contributed by atoms with Gasteiger partial charge in [0.2, 0.25) is 0 Å². The van der Waals surface area contributed by atoms with E-state index in [0.717, 1.165) is 133 Å². The Bertz CT molecular complexity index is 6040. The molecule has 3 heterocycles. The van der Waals surface area contributed by atoms with E-state index in [0.29, 0.717) is 100 Å². The molecule has 3 unspecified atom stereocenters. The summed E-state index contributed by atoms with van der Waals surface area (Å²) in [6, 6.07) is 67.0. The Labute approximate surface area is 831 Å². The van der Waals surface area contributed by atoms with Crippen molar-refractivity contribution in [1.29, 1.82) is 0 Å². The number of carbonyl (C=O) groups excluding carboxylic acids is 5. The molecule has 3 saturated carbocycles. The number of hydrogen-bond donors (Lipinski definition) is 8. The molecule has 3 fully saturated rings. The van der Waals surface area contributed by atoms with Gasteiger partial charge >= 0.3 is 31.4 Å². The minimum absolute atomic E-state index is 0. The fourth-order valence-electron chi connectivity index (χ4n) is 15.1. The van der Waals surface area contributed by atoms with Crippen LogP contribution in [0.4, 0.5) is 60.5 Å². The number of carbonyl (C=O) groups is 5. The van der Waals surface area contributed by atoms with E-state index in [1.54, 1.807) is 149 Å². The Hall–Kier alpha value is -13.6. The van der Waals surface area contributed by atoms with E-state index in [1.165, 1.54) is 47.1 Å². The van der Waals surface area contributed by atoms with Gasteiger partial charge in [0.15, 0.2) is 17.3 Å². The van der Waals surface area contributed by atoms with Crippen molar-refractivity contribution in [3.8, 4) is 34.3 Å². The number of ketones is 2. The third-order valence-electron chi connectivity index (χ3n) is 22.0. The van der Waals surface area contributed by atoms with Gasteiger partial charge in [0, 0.05) is 51.3 Å². The highest BCUT2D eigenvalue weighted by Gasteiger charge is 2.36. The summed E-state index contributed by atoms with van der Waals surface area (Å²) in [4.78, 5) is 65.9. The number of rotatable bonds is 35. The van der Waals surface area contributed by atoms with E-state index >= 15 is 0 Å². The van der Waals surface area contributed by atoms with E-state index in [4.69, 9.17) is 33.2 Å². The number of alkyl halides is 9. The topological polar surface area (TPSA) is 337 Å². The van der Waals surface area contributed by atoms with E-state index in [1.807, 2.05) is 117 Å². The van der Waals surface area contributed by atoms with Crippen LogP contribution in [0.5, 0.6) is 17.2 Å². The van der Waals surface area contributed by atoms with E-state index in [-0.39, 0.29) is 66.1 Å². The number of nitrogens with two attached hydrogens (primary N) is 3. The molecule has 15 rings (SSSR count). The molecule has 0 radical (unpaired) electrons. The molecule has 12 aromatic rings. The molecular weight excluding hydrogens is 1880 g/mol. The van der Waals surface area contributed by atoms with Crippen molar-refractivity contribution >= 4 is 53.6 Å². The third kappa shape index (κ3) is 37.0. The number of aromatic nitrogens is 6. The Morgan fingerprint density at radius 2 is 0.748 bits per heavy atom. The lowest BCUT2D eigenvalue weighted by Gasteiger charge is -2.22. The Kier molecular flexibility index (Phi) is 40.0. The summed E-state index contributed by atoms with van der Waals surface area (Å²) in [6.07, 6.45) is -8.50. The second-order valence-electron chi connectivity index (χ2n) is 36.6. The highest BCUT2D eigenvalue weighted by Crippen LogP contribution is 2.38. The molecule has 3 aliphatic rings. The number of anilines is 1. The van der Waals surface area contributed by atoms with Crippen molar-refractivity contribution in [2.75, 3.05) is 51.1 Å². The zero-order chi connectivity index (χ0) is 103. The monoisotopic (exact) mass is 2000 g/mol. The van der Waals surface area contributed by atoms with Crippen molar-refractivity contribution in [1.82, 2.24) is 50.6 Å². The second-order valence-corrected chi connectivity index (χ2v) is 36.6. The quantitative estimate of drug-likeness (QED) is 0.00457. The number of halogens is 10. The van der Waals surface area contributed by atoms with Crippen molar-refractivity contribution < 1.29 is 91.9 Å². The highest BCUT2D eigenvalue weighted by atomic mass is 35.5. The van der Waals surface area contributed by atoms with Gasteiger partial charge in [0.05, 0.1) is 58.8 Å². The smallest absolute Gasteiger partial charge is 0.428 e. The molecule has 0 spiro atoms. The van der Waals surface area contributed by atoms with Crippen molar-refractivity contribution in [2.45, 2.75) is 182 Å². The Balaban J connectivity index is 0.000000198. The molecule has 0 bridgehead atoms. The van der Waals surface area contributed by atoms with E-state index in [9.17, 15) is 63.5 Å². The van der Waals surface area contributed by atoms with Crippen molar-refractivity contribution in [3.63, 3.8) is 0 Å². The summed E-state index contributed by atoms with van der Waals surface area (Å²) in [5.74, 6) is 0.279. The number of amides is 1. The molecule has 0 aliphatic heterocycles. The summed E-state index contributed by atoms with van der Waals surface area (Å²) in [6.45, 7) is 30.6. The predicted molar refractivity (Wildman–Crippen MR) is 531 cm³/mol. The highest BCUT2D eigenvalue weighted by molar-refractivity contribution is 6.03. The fourth-order valence-corrected chi connectivity index (χ4v) is 15.1. The number of nitrogens with one attached hydrogen (secondary N) is 5. The van der Waals surface area contributed by atoms with Gasteiger partial charge in [-0.05, 0) is 303 Å². The maximum absolute atomic E-state index is 13.5. The van der Waals surface area contributed by atoms with E-state index in [2.05, 4.69) is 72.6 Å². The Morgan fingerprint density at radius 1 is 0.420 bits per heavy atom. The van der Waals surface area contributed by atoms with Gasteiger partial charge in [0.1, 0.15) is 45.5 Å². The van der Waals surface area contributed by atoms with Crippen LogP contribution in [0, 0.1) is 45.1 Å². The van der Waals surface area contributed by atoms with Crippen LogP contribution < -0.4 is 58.0 Å². The predicted octanol–water partition coefficient (Wildman–Crippen LogP) is 22.0. The number of benzene rings is 9. The molecule has 1 amide bonds. The van der Waals surface area contributed by atoms with Crippen LogP contribution >= 0.6 is 12.4 Å². The van der Waals surface area contributed by atoms with Gasteiger partial charge < -0.3 is 72.2 Å². The fraction of sp³-hybridized carbons (Fsp3) is 0.355. The molecule has 3 aliphatic carbocycles. The number of ether oxygens (including phenoxy) is 6. The summed E-state index contributed by atoms with van der Waals surface area (Å²) >= 11 is 0. The first-order valence-corrected chi connectivity index (χ1v) is 46.7. The van der Waals surface area contributed by atoms with Crippen LogP contribution in [0.3, 0.4) is 0 Å². The van der Waals surface area contributed by atoms with Gasteiger partial charge in [0.25, 0.3) is 5.91 Å². The van der Waals surface area contributed by atoms with Crippen molar-refractivity contribution in [2.24, 2.45) is 35.0 Å². The van der Waals surface area contributed by atoms with Crippen LogP contribution in [0.1, 0.15) is 209 Å². The molecule has 3 aromatic heterocycles. The molecule has 143 heavy (non-hydrogen) atoms.